The van der Waals surface area contributed by atoms with E-state index < -0.39 is 5.63 Å². The van der Waals surface area contributed by atoms with Gasteiger partial charge in [-0.2, -0.15) is 0 Å². The van der Waals surface area contributed by atoms with Gasteiger partial charge in [0, 0.05) is 6.07 Å². The van der Waals surface area contributed by atoms with Gasteiger partial charge in [0.2, 0.25) is 0 Å². The lowest BCUT2D eigenvalue weighted by Crippen LogP contribution is -2.16. The molecule has 0 fully saturated rings. The first-order valence-electron chi connectivity index (χ1n) is 6.63. The van der Waals surface area contributed by atoms with E-state index >= 15 is 0 Å². The van der Waals surface area contributed by atoms with Crippen molar-refractivity contribution < 1.29 is 14.4 Å². The molecule has 1 aromatic heterocycles. The molecule has 0 aliphatic heterocycles. The lowest BCUT2D eigenvalue weighted by atomic mass is 10.0. The van der Waals surface area contributed by atoms with E-state index in [0.717, 1.165) is 19.3 Å². The van der Waals surface area contributed by atoms with Crippen molar-refractivity contribution in [3.63, 3.8) is 0 Å². The highest BCUT2D eigenvalue weighted by molar-refractivity contribution is 6.01. The fraction of sp³-hybridized carbons (Fsp3) is 0.571. The SMILES string of the molecule is CCCCCC(=NOCC)c1c(O)cc(C)oc1=O. The molecular weight excluding hydrogens is 246 g/mol. The zero-order valence-electron chi connectivity index (χ0n) is 11.7. The van der Waals surface area contributed by atoms with E-state index in [1.165, 1.54) is 6.07 Å². The van der Waals surface area contributed by atoms with Crippen molar-refractivity contribution in [1.82, 2.24) is 0 Å². The van der Waals surface area contributed by atoms with Crippen LogP contribution in [0.15, 0.2) is 20.4 Å². The second kappa shape index (κ2) is 7.61. The predicted octanol–water partition coefficient (Wildman–Crippen LogP) is 2.97. The van der Waals surface area contributed by atoms with Crippen molar-refractivity contribution in [2.75, 3.05) is 6.61 Å². The fourth-order valence-electron chi connectivity index (χ4n) is 1.76. The number of aromatic hydroxyl groups is 1. The summed E-state index contributed by atoms with van der Waals surface area (Å²) in [5.41, 5.74) is -0.0239. The van der Waals surface area contributed by atoms with Crippen LogP contribution in [0.4, 0.5) is 0 Å². The summed E-state index contributed by atoms with van der Waals surface area (Å²) in [4.78, 5) is 16.9. The molecule has 19 heavy (non-hydrogen) atoms. The number of nitrogens with zero attached hydrogens (tertiary/aromatic N) is 1. The Balaban J connectivity index is 3.07. The Labute approximate surface area is 112 Å². The number of hydrogen-bond acceptors (Lipinski definition) is 5. The Hall–Kier alpha value is -1.78. The highest BCUT2D eigenvalue weighted by Crippen LogP contribution is 2.18. The fourth-order valence-corrected chi connectivity index (χ4v) is 1.76. The molecule has 0 amide bonds. The summed E-state index contributed by atoms with van der Waals surface area (Å²) in [6, 6.07) is 1.41. The van der Waals surface area contributed by atoms with Crippen LogP contribution in [0.25, 0.3) is 0 Å². The number of hydrogen-bond donors (Lipinski definition) is 1. The Morgan fingerprint density at radius 2 is 2.16 bits per heavy atom. The third-order valence-corrected chi connectivity index (χ3v) is 2.66. The second-order valence-corrected chi connectivity index (χ2v) is 4.32. The topological polar surface area (TPSA) is 72.0 Å². The first kappa shape index (κ1) is 15.3. The summed E-state index contributed by atoms with van der Waals surface area (Å²) in [5.74, 6) is 0.263. The van der Waals surface area contributed by atoms with E-state index in [-0.39, 0.29) is 11.3 Å². The molecule has 106 valence electrons. The lowest BCUT2D eigenvalue weighted by molar-refractivity contribution is 0.158. The molecular formula is C14H21NO4. The minimum atomic E-state index is -0.576. The summed E-state index contributed by atoms with van der Waals surface area (Å²) < 4.78 is 5.00. The summed E-state index contributed by atoms with van der Waals surface area (Å²) in [6.07, 6.45) is 3.56. The zero-order valence-corrected chi connectivity index (χ0v) is 11.7. The molecule has 5 nitrogen and oxygen atoms in total. The van der Waals surface area contributed by atoms with Gasteiger partial charge < -0.3 is 14.4 Å². The van der Waals surface area contributed by atoms with Crippen LogP contribution < -0.4 is 5.63 Å². The molecule has 0 bridgehead atoms. The van der Waals surface area contributed by atoms with E-state index in [9.17, 15) is 9.90 Å². The third kappa shape index (κ3) is 4.43. The van der Waals surface area contributed by atoms with E-state index in [2.05, 4.69) is 12.1 Å². The molecule has 0 saturated carbocycles. The third-order valence-electron chi connectivity index (χ3n) is 2.66. The van der Waals surface area contributed by atoms with Gasteiger partial charge in [0.1, 0.15) is 23.7 Å². The predicted molar refractivity (Wildman–Crippen MR) is 73.7 cm³/mol. The number of aryl methyl sites for hydroxylation is 1. The Morgan fingerprint density at radius 1 is 1.42 bits per heavy atom. The Bertz CT molecular complexity index is 491. The molecule has 5 heteroatoms. The van der Waals surface area contributed by atoms with Gasteiger partial charge in [0.15, 0.2) is 0 Å². The summed E-state index contributed by atoms with van der Waals surface area (Å²) in [7, 11) is 0. The molecule has 0 aliphatic rings. The minimum Gasteiger partial charge on any atom is -0.507 e. The van der Waals surface area contributed by atoms with E-state index in [4.69, 9.17) is 9.25 Å². The minimum absolute atomic E-state index is 0.107. The maximum atomic E-state index is 11.8. The molecule has 0 atom stereocenters. The molecule has 1 rings (SSSR count). The maximum absolute atomic E-state index is 11.8. The molecule has 0 saturated heterocycles. The summed E-state index contributed by atoms with van der Waals surface area (Å²) >= 11 is 0. The average molecular weight is 267 g/mol. The van der Waals surface area contributed by atoms with Gasteiger partial charge >= 0.3 is 5.63 Å². The smallest absolute Gasteiger partial charge is 0.349 e. The van der Waals surface area contributed by atoms with Crippen LogP contribution in [0.2, 0.25) is 0 Å². The highest BCUT2D eigenvalue weighted by atomic mass is 16.6. The van der Waals surface area contributed by atoms with Gasteiger partial charge in [-0.05, 0) is 26.7 Å². The van der Waals surface area contributed by atoms with Crippen molar-refractivity contribution in [2.24, 2.45) is 5.16 Å². The van der Waals surface area contributed by atoms with Crippen molar-refractivity contribution in [3.05, 3.63) is 27.8 Å². The van der Waals surface area contributed by atoms with Crippen LogP contribution in [0, 0.1) is 6.92 Å². The van der Waals surface area contributed by atoms with Gasteiger partial charge in [-0.1, -0.05) is 24.9 Å². The quantitative estimate of drug-likeness (QED) is 0.468. The zero-order chi connectivity index (χ0) is 14.3. The van der Waals surface area contributed by atoms with Gasteiger partial charge in [0.25, 0.3) is 0 Å². The van der Waals surface area contributed by atoms with Crippen LogP contribution in [-0.4, -0.2) is 17.4 Å². The largest absolute Gasteiger partial charge is 0.507 e. The number of unbranched alkanes of at least 4 members (excludes halogenated alkanes) is 2. The van der Waals surface area contributed by atoms with Crippen LogP contribution in [0.3, 0.4) is 0 Å². The van der Waals surface area contributed by atoms with Gasteiger partial charge in [0.05, 0.1) is 5.71 Å². The molecule has 0 aliphatic carbocycles. The molecule has 1 heterocycles. The first-order chi connectivity index (χ1) is 9.10. The van der Waals surface area contributed by atoms with Crippen molar-refractivity contribution in [3.8, 4) is 5.75 Å². The van der Waals surface area contributed by atoms with Crippen LogP contribution in [0.1, 0.15) is 50.9 Å². The monoisotopic (exact) mass is 267 g/mol. The highest BCUT2D eigenvalue weighted by Gasteiger charge is 2.17. The summed E-state index contributed by atoms with van der Waals surface area (Å²) in [5, 5.41) is 13.8. The van der Waals surface area contributed by atoms with E-state index in [0.29, 0.717) is 24.5 Å². The normalized spacial score (nSPS) is 11.6. The van der Waals surface area contributed by atoms with E-state index in [1.54, 1.807) is 6.92 Å². The molecule has 0 spiro atoms. The van der Waals surface area contributed by atoms with Gasteiger partial charge in [-0.15, -0.1) is 0 Å². The van der Waals surface area contributed by atoms with Crippen LogP contribution >= 0.6 is 0 Å². The van der Waals surface area contributed by atoms with Gasteiger partial charge in [-0.25, -0.2) is 4.79 Å². The standard InChI is InChI=1S/C14H21NO4/c1-4-6-7-8-11(15-18-5-2)13-12(16)9-10(3)19-14(13)17/h9,16H,4-8H2,1-3H3. The van der Waals surface area contributed by atoms with Gasteiger partial charge in [-0.3, -0.25) is 0 Å². The summed E-state index contributed by atoms with van der Waals surface area (Å²) in [6.45, 7) is 5.93. The first-order valence-corrected chi connectivity index (χ1v) is 6.63. The Morgan fingerprint density at radius 3 is 2.74 bits per heavy atom. The Kier molecular flexibility index (Phi) is 6.12. The van der Waals surface area contributed by atoms with Crippen LogP contribution in [0.5, 0.6) is 5.75 Å². The van der Waals surface area contributed by atoms with E-state index in [1.807, 2.05) is 6.92 Å². The second-order valence-electron chi connectivity index (χ2n) is 4.32. The average Bonchev–Trinajstić information content (AvgIpc) is 2.34. The number of oxime groups is 1. The number of rotatable bonds is 7. The van der Waals surface area contributed by atoms with Crippen molar-refractivity contribution >= 4 is 5.71 Å². The molecule has 0 unspecified atom stereocenters. The van der Waals surface area contributed by atoms with Crippen LogP contribution in [-0.2, 0) is 4.84 Å². The maximum Gasteiger partial charge on any atom is 0.349 e. The molecule has 1 N–H and O–H groups in total. The van der Waals surface area contributed by atoms with Crippen molar-refractivity contribution in [2.45, 2.75) is 46.5 Å². The van der Waals surface area contributed by atoms with Crippen molar-refractivity contribution in [1.29, 1.82) is 0 Å². The molecule has 1 aromatic rings. The molecule has 0 aromatic carbocycles. The lowest BCUT2D eigenvalue weighted by Gasteiger charge is -2.07. The molecule has 0 radical (unpaired) electrons.